The Morgan fingerprint density at radius 1 is 0.290 bits per heavy atom. The number of phosphoric ester groups is 2. The summed E-state index contributed by atoms with van der Waals surface area (Å²) in [5.41, 5.74) is 0. The first-order valence-electron chi connectivity index (χ1n) is 38.3. The van der Waals surface area contributed by atoms with E-state index in [4.69, 9.17) is 37.0 Å². The molecule has 0 aromatic rings. The minimum Gasteiger partial charge on any atom is -0.462 e. The summed E-state index contributed by atoms with van der Waals surface area (Å²) in [5.74, 6) is 0.167. The molecule has 3 N–H and O–H groups in total. The van der Waals surface area contributed by atoms with Crippen LogP contribution in [-0.4, -0.2) is 96.7 Å². The SMILES string of the molecule is CCCCCCCCCCCC(=O)OC[C@H](COP(=O)(O)OC[C@H](O)COP(=O)(O)OC[C@@H](COC(=O)CCCCCCCCCCCCCCCCC(C)C)OC(=O)CCCCCCCCCCCCCCCCC(C)C)OC(=O)CCCCCCCCCC(C)C. The van der Waals surface area contributed by atoms with E-state index in [2.05, 4.69) is 48.5 Å². The third kappa shape index (κ3) is 68.4. The van der Waals surface area contributed by atoms with Gasteiger partial charge in [0.1, 0.15) is 19.3 Å². The van der Waals surface area contributed by atoms with Crippen molar-refractivity contribution in [2.45, 2.75) is 394 Å². The smallest absolute Gasteiger partial charge is 0.462 e. The van der Waals surface area contributed by atoms with Crippen LogP contribution in [0.2, 0.25) is 0 Å². The van der Waals surface area contributed by atoms with Crippen LogP contribution >= 0.6 is 15.6 Å². The molecule has 552 valence electrons. The maximum Gasteiger partial charge on any atom is 0.472 e. The van der Waals surface area contributed by atoms with Gasteiger partial charge in [0.15, 0.2) is 12.2 Å². The van der Waals surface area contributed by atoms with Crippen LogP contribution in [0.5, 0.6) is 0 Å². The molecule has 17 nitrogen and oxygen atoms in total. The Bertz CT molecular complexity index is 1820. The second-order valence-corrected chi connectivity index (χ2v) is 31.0. The maximum atomic E-state index is 13.1. The van der Waals surface area contributed by atoms with Crippen LogP contribution < -0.4 is 0 Å². The third-order valence-electron chi connectivity index (χ3n) is 17.1. The Morgan fingerprint density at radius 3 is 0.731 bits per heavy atom. The van der Waals surface area contributed by atoms with E-state index in [1.54, 1.807) is 0 Å². The van der Waals surface area contributed by atoms with Crippen molar-refractivity contribution in [2.75, 3.05) is 39.6 Å². The van der Waals surface area contributed by atoms with Gasteiger partial charge >= 0.3 is 39.5 Å². The summed E-state index contributed by atoms with van der Waals surface area (Å²) in [4.78, 5) is 72.6. The van der Waals surface area contributed by atoms with E-state index >= 15 is 0 Å². The summed E-state index contributed by atoms with van der Waals surface area (Å²) in [6, 6.07) is 0. The Hall–Kier alpha value is -1.94. The standard InChI is InChI=1S/C74H144O17P2/c1-8-9-10-11-12-25-34-41-48-55-71(76)84-62-70(91-74(79)58-51-44-37-30-33-40-47-54-67(6)7)64-89-93(82,83)87-60-68(75)59-86-92(80,81)88-63-69(90-73(78)57-50-43-36-29-24-20-16-14-18-22-27-32-39-46-53-66(4)5)61-85-72(77)56-49-42-35-28-23-19-15-13-17-21-26-31-38-45-52-65(2)3/h65-70,75H,8-64H2,1-7H3,(H,80,81)(H,82,83)/t68-,69-,70-/m1/s1. The lowest BCUT2D eigenvalue weighted by molar-refractivity contribution is -0.161. The van der Waals surface area contributed by atoms with E-state index < -0.39 is 97.5 Å². The van der Waals surface area contributed by atoms with E-state index in [-0.39, 0.29) is 25.7 Å². The monoisotopic (exact) mass is 1370 g/mol. The molecule has 0 rings (SSSR count). The van der Waals surface area contributed by atoms with Gasteiger partial charge in [0.2, 0.25) is 0 Å². The Balaban J connectivity index is 5.22. The third-order valence-corrected chi connectivity index (χ3v) is 19.0. The summed E-state index contributed by atoms with van der Waals surface area (Å²) in [6.45, 7) is 11.8. The molecule has 0 heterocycles. The quantitative estimate of drug-likeness (QED) is 0.0222. The molecular weight excluding hydrogens is 1220 g/mol. The number of carbonyl (C=O) groups excluding carboxylic acids is 4. The van der Waals surface area contributed by atoms with E-state index in [0.717, 1.165) is 102 Å². The van der Waals surface area contributed by atoms with Crippen LogP contribution in [0.4, 0.5) is 0 Å². The molecular formula is C74H144O17P2. The summed E-state index contributed by atoms with van der Waals surface area (Å²) >= 11 is 0. The van der Waals surface area contributed by atoms with Gasteiger partial charge in [-0.25, -0.2) is 9.13 Å². The molecule has 93 heavy (non-hydrogen) atoms. The van der Waals surface area contributed by atoms with Gasteiger partial charge in [-0.15, -0.1) is 0 Å². The van der Waals surface area contributed by atoms with Crippen molar-refractivity contribution in [2.24, 2.45) is 17.8 Å². The number of hydrogen-bond acceptors (Lipinski definition) is 15. The molecule has 0 aliphatic carbocycles. The largest absolute Gasteiger partial charge is 0.472 e. The fourth-order valence-corrected chi connectivity index (χ4v) is 12.8. The topological polar surface area (TPSA) is 237 Å². The second-order valence-electron chi connectivity index (χ2n) is 28.1. The van der Waals surface area contributed by atoms with Gasteiger partial charge in [0.25, 0.3) is 0 Å². The van der Waals surface area contributed by atoms with E-state index in [1.807, 2.05) is 0 Å². The van der Waals surface area contributed by atoms with Crippen LogP contribution in [0.25, 0.3) is 0 Å². The van der Waals surface area contributed by atoms with Crippen molar-refractivity contribution in [1.82, 2.24) is 0 Å². The molecule has 0 amide bonds. The molecule has 0 fully saturated rings. The minimum absolute atomic E-state index is 0.103. The van der Waals surface area contributed by atoms with Gasteiger partial charge < -0.3 is 33.8 Å². The van der Waals surface area contributed by atoms with Crippen LogP contribution in [0.3, 0.4) is 0 Å². The Morgan fingerprint density at radius 2 is 0.495 bits per heavy atom. The molecule has 0 saturated carbocycles. The van der Waals surface area contributed by atoms with Crippen molar-refractivity contribution in [3.05, 3.63) is 0 Å². The van der Waals surface area contributed by atoms with Gasteiger partial charge in [0.05, 0.1) is 26.4 Å². The van der Waals surface area contributed by atoms with Crippen LogP contribution in [0, 0.1) is 17.8 Å². The molecule has 19 heteroatoms. The molecule has 0 spiro atoms. The van der Waals surface area contributed by atoms with Crippen LogP contribution in [-0.2, 0) is 65.4 Å². The zero-order chi connectivity index (χ0) is 68.7. The van der Waals surface area contributed by atoms with Crippen molar-refractivity contribution in [3.8, 4) is 0 Å². The fourth-order valence-electron chi connectivity index (χ4n) is 11.2. The Kier molecular flexibility index (Phi) is 63.4. The highest BCUT2D eigenvalue weighted by Crippen LogP contribution is 2.45. The fraction of sp³-hybridized carbons (Fsp3) is 0.946. The van der Waals surface area contributed by atoms with Gasteiger partial charge in [0, 0.05) is 25.7 Å². The average molecular weight is 1370 g/mol. The van der Waals surface area contributed by atoms with Crippen LogP contribution in [0.1, 0.15) is 376 Å². The summed E-state index contributed by atoms with van der Waals surface area (Å²) < 4.78 is 68.4. The highest BCUT2D eigenvalue weighted by Gasteiger charge is 2.30. The predicted molar refractivity (Wildman–Crippen MR) is 377 cm³/mol. The number of aliphatic hydroxyl groups is 1. The number of hydrogen-bond donors (Lipinski definition) is 3. The molecule has 0 aromatic carbocycles. The molecule has 0 aromatic heterocycles. The molecule has 0 radical (unpaired) electrons. The summed E-state index contributed by atoms with van der Waals surface area (Å²) in [5, 5.41) is 10.6. The van der Waals surface area contributed by atoms with Crippen molar-refractivity contribution < 1.29 is 80.2 Å². The van der Waals surface area contributed by atoms with Gasteiger partial charge in [-0.3, -0.25) is 37.3 Å². The summed E-state index contributed by atoms with van der Waals surface area (Å²) in [6.07, 6.45) is 50.1. The number of rotatable bonds is 72. The normalized spacial score (nSPS) is 14.1. The van der Waals surface area contributed by atoms with Gasteiger partial charge in [-0.2, -0.15) is 0 Å². The van der Waals surface area contributed by atoms with Gasteiger partial charge in [-0.1, -0.05) is 325 Å². The summed E-state index contributed by atoms with van der Waals surface area (Å²) in [7, 11) is -9.90. The van der Waals surface area contributed by atoms with E-state index in [0.29, 0.717) is 31.6 Å². The highest BCUT2D eigenvalue weighted by atomic mass is 31.2. The number of carbonyl (C=O) groups is 4. The minimum atomic E-state index is -4.96. The highest BCUT2D eigenvalue weighted by molar-refractivity contribution is 7.47. The molecule has 5 atom stereocenters. The lowest BCUT2D eigenvalue weighted by Gasteiger charge is -2.21. The van der Waals surface area contributed by atoms with Crippen molar-refractivity contribution in [3.63, 3.8) is 0 Å². The number of ether oxygens (including phenoxy) is 4. The maximum absolute atomic E-state index is 13.1. The first-order valence-corrected chi connectivity index (χ1v) is 41.3. The molecule has 0 saturated heterocycles. The van der Waals surface area contributed by atoms with Crippen LogP contribution in [0.15, 0.2) is 0 Å². The van der Waals surface area contributed by atoms with E-state index in [9.17, 15) is 43.2 Å². The van der Waals surface area contributed by atoms with Crippen molar-refractivity contribution in [1.29, 1.82) is 0 Å². The molecule has 0 bridgehead atoms. The Labute approximate surface area is 568 Å². The van der Waals surface area contributed by atoms with E-state index in [1.165, 1.54) is 186 Å². The number of aliphatic hydroxyl groups excluding tert-OH is 1. The zero-order valence-corrected chi connectivity index (χ0v) is 62.5. The number of esters is 4. The first kappa shape index (κ1) is 91.1. The average Bonchev–Trinajstić information content (AvgIpc) is 3.32. The molecule has 0 aliphatic heterocycles. The zero-order valence-electron chi connectivity index (χ0n) is 60.7. The first-order chi connectivity index (χ1) is 44.7. The second kappa shape index (κ2) is 64.7. The predicted octanol–water partition coefficient (Wildman–Crippen LogP) is 21.4. The molecule has 0 aliphatic rings. The lowest BCUT2D eigenvalue weighted by Crippen LogP contribution is -2.30. The van der Waals surface area contributed by atoms with Gasteiger partial charge in [-0.05, 0) is 43.4 Å². The molecule has 2 unspecified atom stereocenters. The number of unbranched alkanes of at least 4 members (excludes halogenated alkanes) is 40. The number of phosphoric acid groups is 2. The van der Waals surface area contributed by atoms with Crippen molar-refractivity contribution >= 4 is 39.5 Å². The lowest BCUT2D eigenvalue weighted by atomic mass is 10.0.